The summed E-state index contributed by atoms with van der Waals surface area (Å²) in [4.78, 5) is 9.72. The van der Waals surface area contributed by atoms with E-state index >= 15 is 0 Å². The van der Waals surface area contributed by atoms with Gasteiger partial charge in [-0.2, -0.15) is 0 Å². The average Bonchev–Trinajstić information content (AvgIpc) is 3.37. The highest BCUT2D eigenvalue weighted by atomic mass is 16.5. The van der Waals surface area contributed by atoms with Crippen molar-refractivity contribution in [3.8, 4) is 0 Å². The monoisotopic (exact) mass is 426 g/mol. The molecule has 4 rings (SSSR count). The van der Waals surface area contributed by atoms with E-state index in [1.165, 1.54) is 24.1 Å². The lowest BCUT2D eigenvalue weighted by atomic mass is 10.1. The van der Waals surface area contributed by atoms with Crippen molar-refractivity contribution in [2.24, 2.45) is 4.99 Å². The summed E-state index contributed by atoms with van der Waals surface area (Å²) in [6.07, 6.45) is 10.8. The van der Waals surface area contributed by atoms with Crippen molar-refractivity contribution >= 4 is 11.6 Å². The van der Waals surface area contributed by atoms with Crippen molar-refractivity contribution in [2.45, 2.75) is 57.8 Å². The SMILES string of the molecule is CCNC(=NCc1cccc(N2CC=CC2)c1)N1CCC(OCC2CCCCO2)CC1. The van der Waals surface area contributed by atoms with Crippen LogP contribution in [0.5, 0.6) is 0 Å². The van der Waals surface area contributed by atoms with Crippen molar-refractivity contribution in [3.63, 3.8) is 0 Å². The van der Waals surface area contributed by atoms with E-state index in [0.717, 1.165) is 71.2 Å². The fraction of sp³-hybridized carbons (Fsp3) is 0.640. The number of likely N-dealkylation sites (tertiary alicyclic amines) is 1. The number of hydrogen-bond acceptors (Lipinski definition) is 4. The Balaban J connectivity index is 1.27. The standard InChI is InChI=1S/C25H38N4O2/c1-2-26-25(27-19-21-8-7-9-22(18-21)28-13-4-5-14-28)29-15-11-23(12-16-29)31-20-24-10-3-6-17-30-24/h4-5,7-9,18,23-24H,2-3,6,10-17,19-20H2,1H3,(H,26,27). The first-order valence-electron chi connectivity index (χ1n) is 12.1. The average molecular weight is 427 g/mol. The molecule has 1 atom stereocenters. The molecule has 31 heavy (non-hydrogen) atoms. The first kappa shape index (κ1) is 22.2. The van der Waals surface area contributed by atoms with Crippen LogP contribution in [0, 0.1) is 0 Å². The maximum Gasteiger partial charge on any atom is 0.194 e. The second-order valence-corrected chi connectivity index (χ2v) is 8.72. The van der Waals surface area contributed by atoms with Gasteiger partial charge in [0, 0.05) is 45.0 Å². The fourth-order valence-electron chi connectivity index (χ4n) is 4.55. The van der Waals surface area contributed by atoms with Crippen LogP contribution in [-0.4, -0.2) is 69.0 Å². The van der Waals surface area contributed by atoms with Crippen LogP contribution in [0.15, 0.2) is 41.4 Å². The first-order valence-corrected chi connectivity index (χ1v) is 12.1. The molecule has 1 aromatic carbocycles. The smallest absolute Gasteiger partial charge is 0.194 e. The van der Waals surface area contributed by atoms with Crippen molar-refractivity contribution in [2.75, 3.05) is 50.8 Å². The van der Waals surface area contributed by atoms with Crippen LogP contribution in [-0.2, 0) is 16.0 Å². The molecular weight excluding hydrogens is 388 g/mol. The second-order valence-electron chi connectivity index (χ2n) is 8.72. The molecule has 0 aliphatic carbocycles. The molecular formula is C25H38N4O2. The van der Waals surface area contributed by atoms with Crippen LogP contribution in [0.3, 0.4) is 0 Å². The van der Waals surface area contributed by atoms with Gasteiger partial charge >= 0.3 is 0 Å². The Morgan fingerprint density at radius 3 is 2.74 bits per heavy atom. The highest BCUT2D eigenvalue weighted by molar-refractivity contribution is 5.80. The number of guanidine groups is 1. The minimum atomic E-state index is 0.303. The Hall–Kier alpha value is -2.05. The Kier molecular flexibility index (Phi) is 8.24. The topological polar surface area (TPSA) is 49.3 Å². The van der Waals surface area contributed by atoms with Crippen molar-refractivity contribution in [1.29, 1.82) is 0 Å². The van der Waals surface area contributed by atoms with Gasteiger partial charge in [-0.3, -0.25) is 0 Å². The molecule has 6 heteroatoms. The lowest BCUT2D eigenvalue weighted by Crippen LogP contribution is -2.47. The number of nitrogens with zero attached hydrogens (tertiary/aromatic N) is 3. The predicted molar refractivity (Wildman–Crippen MR) is 127 cm³/mol. The van der Waals surface area contributed by atoms with E-state index in [9.17, 15) is 0 Å². The predicted octanol–water partition coefficient (Wildman–Crippen LogP) is 3.58. The molecule has 2 saturated heterocycles. The van der Waals surface area contributed by atoms with E-state index in [0.29, 0.717) is 18.8 Å². The summed E-state index contributed by atoms with van der Waals surface area (Å²) in [5.74, 6) is 1.02. The zero-order chi connectivity index (χ0) is 21.3. The van der Waals surface area contributed by atoms with Gasteiger partial charge in [-0.15, -0.1) is 0 Å². The highest BCUT2D eigenvalue weighted by Crippen LogP contribution is 2.20. The molecule has 0 aromatic heterocycles. The van der Waals surface area contributed by atoms with Crippen LogP contribution in [0.4, 0.5) is 5.69 Å². The zero-order valence-electron chi connectivity index (χ0n) is 19.0. The lowest BCUT2D eigenvalue weighted by molar-refractivity contribution is -0.0721. The molecule has 0 amide bonds. The Morgan fingerprint density at radius 2 is 2.00 bits per heavy atom. The van der Waals surface area contributed by atoms with Crippen LogP contribution < -0.4 is 10.2 Å². The van der Waals surface area contributed by atoms with Crippen molar-refractivity contribution < 1.29 is 9.47 Å². The summed E-state index contributed by atoms with van der Waals surface area (Å²) < 4.78 is 12.0. The molecule has 3 heterocycles. The minimum absolute atomic E-state index is 0.303. The Labute approximate surface area is 187 Å². The van der Waals surface area contributed by atoms with Crippen LogP contribution >= 0.6 is 0 Å². The van der Waals surface area contributed by atoms with Gasteiger partial charge in [-0.05, 0) is 56.7 Å². The maximum absolute atomic E-state index is 6.18. The quantitative estimate of drug-likeness (QED) is 0.410. The van der Waals surface area contributed by atoms with Crippen LogP contribution in [0.25, 0.3) is 0 Å². The third-order valence-corrected chi connectivity index (χ3v) is 6.37. The molecule has 0 bridgehead atoms. The lowest BCUT2D eigenvalue weighted by Gasteiger charge is -2.35. The summed E-state index contributed by atoms with van der Waals surface area (Å²) in [7, 11) is 0. The third-order valence-electron chi connectivity index (χ3n) is 6.37. The number of nitrogens with one attached hydrogen (secondary N) is 1. The third kappa shape index (κ3) is 6.47. The summed E-state index contributed by atoms with van der Waals surface area (Å²) >= 11 is 0. The Bertz CT molecular complexity index is 729. The van der Waals surface area contributed by atoms with Crippen molar-refractivity contribution in [3.05, 3.63) is 42.0 Å². The van der Waals surface area contributed by atoms with E-state index in [-0.39, 0.29) is 0 Å². The largest absolute Gasteiger partial charge is 0.376 e. The minimum Gasteiger partial charge on any atom is -0.376 e. The number of rotatable bonds is 7. The highest BCUT2D eigenvalue weighted by Gasteiger charge is 2.23. The molecule has 2 fully saturated rings. The molecule has 3 aliphatic rings. The van der Waals surface area contributed by atoms with Crippen LogP contribution in [0.1, 0.15) is 44.6 Å². The summed E-state index contributed by atoms with van der Waals surface area (Å²) in [5, 5.41) is 3.49. The Morgan fingerprint density at radius 1 is 1.16 bits per heavy atom. The van der Waals surface area contributed by atoms with E-state index in [2.05, 4.69) is 58.5 Å². The molecule has 1 N–H and O–H groups in total. The zero-order valence-corrected chi connectivity index (χ0v) is 19.0. The van der Waals surface area contributed by atoms with Gasteiger partial charge in [-0.25, -0.2) is 4.99 Å². The van der Waals surface area contributed by atoms with Crippen molar-refractivity contribution in [1.82, 2.24) is 10.2 Å². The summed E-state index contributed by atoms with van der Waals surface area (Å²) in [5.41, 5.74) is 2.54. The summed E-state index contributed by atoms with van der Waals surface area (Å²) in [6.45, 7) is 9.34. The van der Waals surface area contributed by atoms with E-state index < -0.39 is 0 Å². The summed E-state index contributed by atoms with van der Waals surface area (Å²) in [6, 6.07) is 8.78. The molecule has 1 unspecified atom stereocenters. The molecule has 3 aliphatic heterocycles. The number of piperidine rings is 1. The van der Waals surface area contributed by atoms with Gasteiger partial charge in [0.2, 0.25) is 0 Å². The molecule has 170 valence electrons. The molecule has 0 spiro atoms. The van der Waals surface area contributed by atoms with E-state index in [1.807, 2.05) is 0 Å². The van der Waals surface area contributed by atoms with Gasteiger partial charge in [0.25, 0.3) is 0 Å². The van der Waals surface area contributed by atoms with Gasteiger partial charge < -0.3 is 24.6 Å². The fourth-order valence-corrected chi connectivity index (χ4v) is 4.55. The molecule has 0 radical (unpaired) electrons. The van der Waals surface area contributed by atoms with E-state index in [4.69, 9.17) is 14.5 Å². The number of ether oxygens (including phenoxy) is 2. The number of benzene rings is 1. The van der Waals surface area contributed by atoms with Gasteiger partial charge in [0.05, 0.1) is 25.4 Å². The van der Waals surface area contributed by atoms with Gasteiger partial charge in [-0.1, -0.05) is 24.3 Å². The molecule has 1 aromatic rings. The normalized spacial score (nSPS) is 22.9. The first-order chi connectivity index (χ1) is 15.3. The molecule has 0 saturated carbocycles. The van der Waals surface area contributed by atoms with Crippen LogP contribution in [0.2, 0.25) is 0 Å². The van der Waals surface area contributed by atoms with Gasteiger partial charge in [0.15, 0.2) is 5.96 Å². The maximum atomic E-state index is 6.18. The number of aliphatic imine (C=N–C) groups is 1. The number of anilines is 1. The van der Waals surface area contributed by atoms with E-state index in [1.54, 1.807) is 0 Å². The molecule has 6 nitrogen and oxygen atoms in total. The van der Waals surface area contributed by atoms with Gasteiger partial charge in [0.1, 0.15) is 0 Å². The number of hydrogen-bond donors (Lipinski definition) is 1. The second kappa shape index (κ2) is 11.5.